The van der Waals surface area contributed by atoms with Crippen molar-refractivity contribution in [3.05, 3.63) is 0 Å². The lowest BCUT2D eigenvalue weighted by molar-refractivity contribution is -0.137. The third-order valence-electron chi connectivity index (χ3n) is 4.98. The van der Waals surface area contributed by atoms with Gasteiger partial charge < -0.3 is 20.4 Å². The second-order valence-electron chi connectivity index (χ2n) is 7.07. The molecule has 6 nitrogen and oxygen atoms in total. The van der Waals surface area contributed by atoms with Crippen LogP contribution >= 0.6 is 24.8 Å². The summed E-state index contributed by atoms with van der Waals surface area (Å²) in [5, 5.41) is 0. The molecule has 2 saturated heterocycles. The van der Waals surface area contributed by atoms with E-state index in [0.29, 0.717) is 25.4 Å². The number of nitrogens with two attached hydrogens (primary N) is 1. The molecule has 0 spiro atoms. The van der Waals surface area contributed by atoms with E-state index in [1.807, 2.05) is 30.8 Å². The Labute approximate surface area is 157 Å². The minimum atomic E-state index is -0.151. The SMILES string of the molecule is CC(N)C1CCN(C(=O)C2CC(=O)N(CCN(C)C)C2)CC1.Cl.Cl. The molecule has 2 rings (SSSR count). The Morgan fingerprint density at radius 3 is 2.38 bits per heavy atom. The van der Waals surface area contributed by atoms with Crippen molar-refractivity contribution in [1.29, 1.82) is 0 Å². The van der Waals surface area contributed by atoms with E-state index < -0.39 is 0 Å². The number of carbonyl (C=O) groups excluding carboxylic acids is 2. The summed E-state index contributed by atoms with van der Waals surface area (Å²) < 4.78 is 0. The topological polar surface area (TPSA) is 69.9 Å². The largest absolute Gasteiger partial charge is 0.342 e. The number of amides is 2. The van der Waals surface area contributed by atoms with Gasteiger partial charge in [0.25, 0.3) is 0 Å². The average molecular weight is 383 g/mol. The number of hydrogen-bond donors (Lipinski definition) is 1. The van der Waals surface area contributed by atoms with Gasteiger partial charge in [-0.1, -0.05) is 0 Å². The zero-order valence-corrected chi connectivity index (χ0v) is 16.6. The average Bonchev–Trinajstić information content (AvgIpc) is 2.85. The number of carbonyl (C=O) groups is 2. The lowest BCUT2D eigenvalue weighted by Gasteiger charge is -2.35. The highest BCUT2D eigenvalue weighted by Gasteiger charge is 2.37. The highest BCUT2D eigenvalue weighted by atomic mass is 35.5. The lowest BCUT2D eigenvalue weighted by Crippen LogP contribution is -2.45. The maximum atomic E-state index is 12.6. The molecule has 0 radical (unpaired) electrons. The summed E-state index contributed by atoms with van der Waals surface area (Å²) in [7, 11) is 3.98. The van der Waals surface area contributed by atoms with Crippen LogP contribution in [0.4, 0.5) is 0 Å². The number of halogens is 2. The van der Waals surface area contributed by atoms with Crippen molar-refractivity contribution in [2.45, 2.75) is 32.2 Å². The zero-order valence-electron chi connectivity index (χ0n) is 14.9. The molecule has 2 atom stereocenters. The summed E-state index contributed by atoms with van der Waals surface area (Å²) in [5.74, 6) is 0.641. The van der Waals surface area contributed by atoms with Crippen LogP contribution in [-0.2, 0) is 9.59 Å². The molecule has 2 heterocycles. The van der Waals surface area contributed by atoms with E-state index in [9.17, 15) is 9.59 Å². The molecule has 0 aromatic rings. The van der Waals surface area contributed by atoms with Crippen LogP contribution in [0.1, 0.15) is 26.2 Å². The molecule has 8 heteroatoms. The number of nitrogens with zero attached hydrogens (tertiary/aromatic N) is 3. The number of likely N-dealkylation sites (tertiary alicyclic amines) is 2. The molecular weight excluding hydrogens is 351 g/mol. The standard InChI is InChI=1S/C16H30N4O2.2ClH/c1-12(17)13-4-6-19(7-5-13)16(22)14-10-15(21)20(11-14)9-8-18(2)3;;/h12-14H,4-11,17H2,1-3H3;2*1H. The van der Waals surface area contributed by atoms with Crippen LogP contribution in [0.2, 0.25) is 0 Å². The molecule has 2 amide bonds. The van der Waals surface area contributed by atoms with Gasteiger partial charge in [-0.3, -0.25) is 9.59 Å². The van der Waals surface area contributed by atoms with Gasteiger partial charge >= 0.3 is 0 Å². The fourth-order valence-corrected chi connectivity index (χ4v) is 3.38. The van der Waals surface area contributed by atoms with E-state index >= 15 is 0 Å². The second-order valence-corrected chi connectivity index (χ2v) is 7.07. The Balaban J connectivity index is 0.00000264. The highest BCUT2D eigenvalue weighted by Crippen LogP contribution is 2.24. The second kappa shape index (κ2) is 10.4. The molecule has 2 unspecified atom stereocenters. The lowest BCUT2D eigenvalue weighted by atomic mass is 9.90. The van der Waals surface area contributed by atoms with E-state index in [0.717, 1.165) is 32.5 Å². The van der Waals surface area contributed by atoms with Crippen LogP contribution in [0.3, 0.4) is 0 Å². The fourth-order valence-electron chi connectivity index (χ4n) is 3.38. The Bertz CT molecular complexity index is 413. The normalized spacial score (nSPS) is 23.0. The van der Waals surface area contributed by atoms with Crippen molar-refractivity contribution in [3.8, 4) is 0 Å². The van der Waals surface area contributed by atoms with Crippen molar-refractivity contribution < 1.29 is 9.59 Å². The number of rotatable bonds is 5. The maximum absolute atomic E-state index is 12.6. The van der Waals surface area contributed by atoms with Gasteiger partial charge in [0.1, 0.15) is 0 Å². The van der Waals surface area contributed by atoms with Crippen LogP contribution in [0.15, 0.2) is 0 Å². The molecule has 24 heavy (non-hydrogen) atoms. The summed E-state index contributed by atoms with van der Waals surface area (Å²) >= 11 is 0. The van der Waals surface area contributed by atoms with Gasteiger partial charge in [-0.25, -0.2) is 0 Å². The van der Waals surface area contributed by atoms with Crippen molar-refractivity contribution in [1.82, 2.24) is 14.7 Å². The van der Waals surface area contributed by atoms with Crippen molar-refractivity contribution in [3.63, 3.8) is 0 Å². The van der Waals surface area contributed by atoms with Gasteiger partial charge in [-0.05, 0) is 39.8 Å². The minimum Gasteiger partial charge on any atom is -0.342 e. The quantitative estimate of drug-likeness (QED) is 0.764. The smallest absolute Gasteiger partial charge is 0.227 e. The van der Waals surface area contributed by atoms with Crippen LogP contribution in [0.5, 0.6) is 0 Å². The predicted molar refractivity (Wildman–Crippen MR) is 101 cm³/mol. The number of hydrogen-bond acceptors (Lipinski definition) is 4. The van der Waals surface area contributed by atoms with Gasteiger partial charge in [0.05, 0.1) is 5.92 Å². The van der Waals surface area contributed by atoms with E-state index in [2.05, 4.69) is 4.90 Å². The molecule has 142 valence electrons. The third-order valence-corrected chi connectivity index (χ3v) is 4.98. The number of likely N-dealkylation sites (N-methyl/N-ethyl adjacent to an activating group) is 1. The summed E-state index contributed by atoms with van der Waals surface area (Å²) in [6.07, 6.45) is 2.34. The van der Waals surface area contributed by atoms with E-state index in [-0.39, 0.29) is 48.6 Å². The zero-order chi connectivity index (χ0) is 16.3. The Morgan fingerprint density at radius 1 is 1.29 bits per heavy atom. The molecule has 2 N–H and O–H groups in total. The first-order chi connectivity index (χ1) is 10.4. The van der Waals surface area contributed by atoms with E-state index in [4.69, 9.17) is 5.73 Å². The first-order valence-corrected chi connectivity index (χ1v) is 8.35. The summed E-state index contributed by atoms with van der Waals surface area (Å²) in [6, 6.07) is 0.201. The summed E-state index contributed by atoms with van der Waals surface area (Å²) in [4.78, 5) is 30.5. The van der Waals surface area contributed by atoms with E-state index in [1.165, 1.54) is 0 Å². The van der Waals surface area contributed by atoms with Gasteiger partial charge in [0.15, 0.2) is 0 Å². The van der Waals surface area contributed by atoms with E-state index in [1.54, 1.807) is 0 Å². The molecule has 2 aliphatic heterocycles. The molecule has 0 saturated carbocycles. The first kappa shape index (κ1) is 23.4. The van der Waals surface area contributed by atoms with Crippen molar-refractivity contribution in [2.24, 2.45) is 17.6 Å². The summed E-state index contributed by atoms with van der Waals surface area (Å²) in [5.41, 5.74) is 5.95. The van der Waals surface area contributed by atoms with Crippen LogP contribution in [0.25, 0.3) is 0 Å². The molecule has 0 bridgehead atoms. The van der Waals surface area contributed by atoms with Crippen LogP contribution in [0, 0.1) is 11.8 Å². The van der Waals surface area contributed by atoms with Gasteiger partial charge in [0.2, 0.25) is 11.8 Å². The minimum absolute atomic E-state index is 0. The Morgan fingerprint density at radius 2 is 1.88 bits per heavy atom. The monoisotopic (exact) mass is 382 g/mol. The fraction of sp³-hybridized carbons (Fsp3) is 0.875. The Hall–Kier alpha value is -0.560. The number of piperidine rings is 1. The maximum Gasteiger partial charge on any atom is 0.227 e. The molecule has 2 aliphatic rings. The summed E-state index contributed by atoms with van der Waals surface area (Å²) in [6.45, 7) is 5.74. The highest BCUT2D eigenvalue weighted by molar-refractivity contribution is 5.89. The van der Waals surface area contributed by atoms with Gasteiger partial charge in [0, 0.05) is 45.2 Å². The molecule has 0 aromatic heterocycles. The van der Waals surface area contributed by atoms with Gasteiger partial charge in [-0.15, -0.1) is 24.8 Å². The van der Waals surface area contributed by atoms with Crippen molar-refractivity contribution in [2.75, 3.05) is 46.8 Å². The van der Waals surface area contributed by atoms with Crippen molar-refractivity contribution >= 4 is 36.6 Å². The predicted octanol–water partition coefficient (Wildman–Crippen LogP) is 0.826. The first-order valence-electron chi connectivity index (χ1n) is 8.35. The molecule has 2 fully saturated rings. The van der Waals surface area contributed by atoms with Crippen LogP contribution in [-0.4, -0.2) is 79.4 Å². The molecular formula is C16H32Cl2N4O2. The molecule has 0 aliphatic carbocycles. The Kier molecular flexibility index (Phi) is 10.2. The molecule has 0 aromatic carbocycles. The van der Waals surface area contributed by atoms with Crippen LogP contribution < -0.4 is 5.73 Å². The van der Waals surface area contributed by atoms with Gasteiger partial charge in [-0.2, -0.15) is 0 Å². The third kappa shape index (κ3) is 6.06.